The Balaban J connectivity index is 2.21. The minimum atomic E-state index is -1.15. The molecule has 2 rings (SSSR count). The quantitative estimate of drug-likeness (QED) is 0.727. The van der Waals surface area contributed by atoms with Crippen LogP contribution in [0.25, 0.3) is 0 Å². The van der Waals surface area contributed by atoms with E-state index < -0.39 is 17.8 Å². The standard InChI is InChI=1S/C16H20FN3O5/c1-20(9-14-18-13(19-25-14)6-7-23-2)15(16(21)22)11-8-10(17)4-5-12(11)24-3/h4-5,8,15H,6-7,9H2,1-3H3,(H,21,22)/t15-/m0/s1. The van der Waals surface area contributed by atoms with Gasteiger partial charge in [0.1, 0.15) is 17.6 Å². The number of aromatic nitrogens is 2. The number of carbonyl (C=O) groups is 1. The monoisotopic (exact) mass is 353 g/mol. The zero-order valence-electron chi connectivity index (χ0n) is 14.2. The molecule has 8 nitrogen and oxygen atoms in total. The highest BCUT2D eigenvalue weighted by Gasteiger charge is 2.29. The average molecular weight is 353 g/mol. The number of carboxylic acids is 1. The number of nitrogens with zero attached hydrogens (tertiary/aromatic N) is 3. The van der Waals surface area contributed by atoms with Gasteiger partial charge in [-0.3, -0.25) is 9.69 Å². The highest BCUT2D eigenvalue weighted by molar-refractivity contribution is 5.76. The van der Waals surface area contributed by atoms with E-state index in [4.69, 9.17) is 14.0 Å². The number of carboxylic acid groups (broad SMARTS) is 1. The first kappa shape index (κ1) is 18.8. The second kappa shape index (κ2) is 8.54. The van der Waals surface area contributed by atoms with E-state index in [1.54, 1.807) is 14.2 Å². The third kappa shape index (κ3) is 4.74. The summed E-state index contributed by atoms with van der Waals surface area (Å²) >= 11 is 0. The number of benzene rings is 1. The van der Waals surface area contributed by atoms with E-state index in [1.807, 2.05) is 0 Å². The van der Waals surface area contributed by atoms with E-state index in [0.717, 1.165) is 6.07 Å². The summed E-state index contributed by atoms with van der Waals surface area (Å²) in [5.41, 5.74) is 0.205. The fourth-order valence-corrected chi connectivity index (χ4v) is 2.43. The Kier molecular flexibility index (Phi) is 6.43. The smallest absolute Gasteiger partial charge is 0.325 e. The summed E-state index contributed by atoms with van der Waals surface area (Å²) in [7, 11) is 4.54. The van der Waals surface area contributed by atoms with Gasteiger partial charge in [0.05, 0.1) is 20.3 Å². The van der Waals surface area contributed by atoms with E-state index >= 15 is 0 Å². The van der Waals surface area contributed by atoms with Crippen molar-refractivity contribution in [2.75, 3.05) is 27.9 Å². The topological polar surface area (TPSA) is 97.9 Å². The molecule has 0 aliphatic rings. The number of halogens is 1. The Morgan fingerprint density at radius 2 is 2.20 bits per heavy atom. The molecule has 0 fully saturated rings. The van der Waals surface area contributed by atoms with Crippen molar-refractivity contribution in [3.63, 3.8) is 0 Å². The van der Waals surface area contributed by atoms with Gasteiger partial charge in [-0.05, 0) is 25.2 Å². The van der Waals surface area contributed by atoms with Crippen LogP contribution in [0.1, 0.15) is 23.3 Å². The predicted octanol–water partition coefficient (Wildman–Crippen LogP) is 1.66. The van der Waals surface area contributed by atoms with Gasteiger partial charge in [-0.15, -0.1) is 0 Å². The number of aliphatic carboxylic acids is 1. The number of hydrogen-bond acceptors (Lipinski definition) is 7. The normalized spacial score (nSPS) is 12.4. The molecule has 0 saturated heterocycles. The zero-order chi connectivity index (χ0) is 18.4. The molecule has 9 heteroatoms. The van der Waals surface area contributed by atoms with E-state index in [2.05, 4.69) is 10.1 Å². The first-order valence-electron chi connectivity index (χ1n) is 7.53. The van der Waals surface area contributed by atoms with E-state index in [-0.39, 0.29) is 23.7 Å². The molecular formula is C16H20FN3O5. The maximum absolute atomic E-state index is 13.6. The number of methoxy groups -OCH3 is 2. The number of hydrogen-bond donors (Lipinski definition) is 1. The van der Waals surface area contributed by atoms with Crippen LogP contribution in [0.4, 0.5) is 4.39 Å². The molecule has 1 atom stereocenters. The molecule has 1 N–H and O–H groups in total. The van der Waals surface area contributed by atoms with Gasteiger partial charge in [-0.25, -0.2) is 4.39 Å². The minimum absolute atomic E-state index is 0.0800. The van der Waals surface area contributed by atoms with Crippen molar-refractivity contribution in [3.05, 3.63) is 41.3 Å². The fraction of sp³-hybridized carbons (Fsp3) is 0.438. The number of likely N-dealkylation sites (N-methyl/N-ethyl adjacent to an activating group) is 1. The van der Waals surface area contributed by atoms with Crippen molar-refractivity contribution in [2.24, 2.45) is 0 Å². The first-order chi connectivity index (χ1) is 12.0. The third-order valence-corrected chi connectivity index (χ3v) is 3.59. The van der Waals surface area contributed by atoms with Crippen molar-refractivity contribution in [1.82, 2.24) is 15.0 Å². The molecule has 0 aliphatic heterocycles. The van der Waals surface area contributed by atoms with Gasteiger partial charge in [0, 0.05) is 19.1 Å². The molecule has 136 valence electrons. The molecule has 1 aromatic carbocycles. The van der Waals surface area contributed by atoms with Crippen LogP contribution in [0, 0.1) is 5.82 Å². The summed E-state index contributed by atoms with van der Waals surface area (Å²) < 4.78 is 28.8. The lowest BCUT2D eigenvalue weighted by Crippen LogP contribution is -2.31. The number of ether oxygens (including phenoxy) is 2. The lowest BCUT2D eigenvalue weighted by molar-refractivity contribution is -0.143. The summed E-state index contributed by atoms with van der Waals surface area (Å²) in [6.07, 6.45) is 0.490. The van der Waals surface area contributed by atoms with Crippen LogP contribution in [0.15, 0.2) is 22.7 Å². The minimum Gasteiger partial charge on any atom is -0.496 e. The van der Waals surface area contributed by atoms with Crippen LogP contribution < -0.4 is 4.74 Å². The molecule has 0 aliphatic carbocycles. The van der Waals surface area contributed by atoms with Crippen LogP contribution in [-0.4, -0.2) is 54.0 Å². The molecule has 0 radical (unpaired) electrons. The second-order valence-corrected chi connectivity index (χ2v) is 5.39. The Morgan fingerprint density at radius 3 is 2.84 bits per heavy atom. The average Bonchev–Trinajstić information content (AvgIpc) is 3.00. The third-order valence-electron chi connectivity index (χ3n) is 3.59. The van der Waals surface area contributed by atoms with E-state index in [9.17, 15) is 14.3 Å². The second-order valence-electron chi connectivity index (χ2n) is 5.39. The maximum atomic E-state index is 13.6. The Labute approximate surface area is 144 Å². The maximum Gasteiger partial charge on any atom is 0.325 e. The van der Waals surface area contributed by atoms with Gasteiger partial charge in [-0.2, -0.15) is 4.98 Å². The van der Waals surface area contributed by atoms with Crippen molar-refractivity contribution in [3.8, 4) is 5.75 Å². The van der Waals surface area contributed by atoms with Gasteiger partial charge in [0.2, 0.25) is 5.89 Å². The van der Waals surface area contributed by atoms with Crippen LogP contribution in [0.3, 0.4) is 0 Å². The molecule has 0 saturated carbocycles. The molecule has 0 amide bonds. The molecule has 0 bridgehead atoms. The summed E-state index contributed by atoms with van der Waals surface area (Å²) in [6.45, 7) is 0.531. The SMILES string of the molecule is COCCc1noc(CN(C)[C@H](C(=O)O)c2cc(F)ccc2OC)n1. The molecule has 2 aromatic rings. The van der Waals surface area contributed by atoms with Crippen molar-refractivity contribution in [1.29, 1.82) is 0 Å². The Morgan fingerprint density at radius 1 is 1.44 bits per heavy atom. The zero-order valence-corrected chi connectivity index (χ0v) is 14.2. The highest BCUT2D eigenvalue weighted by atomic mass is 19.1. The predicted molar refractivity (Wildman–Crippen MR) is 84.7 cm³/mol. The lowest BCUT2D eigenvalue weighted by atomic mass is 10.0. The summed E-state index contributed by atoms with van der Waals surface area (Å²) in [5, 5.41) is 13.4. The van der Waals surface area contributed by atoms with E-state index in [0.29, 0.717) is 18.9 Å². The first-order valence-corrected chi connectivity index (χ1v) is 7.53. The molecule has 0 unspecified atom stereocenters. The van der Waals surface area contributed by atoms with Gasteiger partial charge in [0.15, 0.2) is 5.82 Å². The highest BCUT2D eigenvalue weighted by Crippen LogP contribution is 2.30. The molecule has 0 spiro atoms. The van der Waals surface area contributed by atoms with Gasteiger partial charge < -0.3 is 19.1 Å². The Hall–Kier alpha value is -2.52. The van der Waals surface area contributed by atoms with Crippen LogP contribution in [-0.2, 0) is 22.5 Å². The number of rotatable bonds is 9. The summed E-state index contributed by atoms with van der Waals surface area (Å²) in [4.78, 5) is 17.4. The van der Waals surface area contributed by atoms with Crippen LogP contribution in [0.5, 0.6) is 5.75 Å². The van der Waals surface area contributed by atoms with Crippen LogP contribution in [0.2, 0.25) is 0 Å². The molecule has 1 heterocycles. The van der Waals surface area contributed by atoms with Gasteiger partial charge in [0.25, 0.3) is 0 Å². The lowest BCUT2D eigenvalue weighted by Gasteiger charge is -2.24. The van der Waals surface area contributed by atoms with Crippen molar-refractivity contribution < 1.29 is 28.3 Å². The molecule has 1 aromatic heterocycles. The van der Waals surface area contributed by atoms with Crippen molar-refractivity contribution >= 4 is 5.97 Å². The summed E-state index contributed by atoms with van der Waals surface area (Å²) in [5.74, 6) is -0.678. The van der Waals surface area contributed by atoms with Crippen LogP contribution >= 0.6 is 0 Å². The molecular weight excluding hydrogens is 333 g/mol. The summed E-state index contributed by atoms with van der Waals surface area (Å²) in [6, 6.07) is 2.61. The van der Waals surface area contributed by atoms with Gasteiger partial charge >= 0.3 is 5.97 Å². The Bertz CT molecular complexity index is 722. The van der Waals surface area contributed by atoms with Gasteiger partial charge in [-0.1, -0.05) is 5.16 Å². The fourth-order valence-electron chi connectivity index (χ4n) is 2.43. The molecule has 25 heavy (non-hydrogen) atoms. The van der Waals surface area contributed by atoms with Crippen molar-refractivity contribution in [2.45, 2.75) is 19.0 Å². The van der Waals surface area contributed by atoms with E-state index in [1.165, 1.54) is 24.1 Å². The largest absolute Gasteiger partial charge is 0.496 e.